The van der Waals surface area contributed by atoms with Crippen LogP contribution in [0.3, 0.4) is 0 Å². The Balaban J connectivity index is 1.71. The SMILES string of the molecule is C=CC(=O)Nc1cc(Nc2nccc(-c3cn(C)c4cc(C=C)ccc34)n2)c(OC)cc1N(C)CCN(C)C. The number of fused-ring (bicyclic) bond motifs is 1. The molecule has 9 nitrogen and oxygen atoms in total. The molecule has 202 valence electrons. The van der Waals surface area contributed by atoms with E-state index in [1.807, 2.05) is 58.5 Å². The van der Waals surface area contributed by atoms with Crippen molar-refractivity contribution in [2.24, 2.45) is 7.05 Å². The lowest BCUT2D eigenvalue weighted by molar-refractivity contribution is -0.111. The molecule has 4 aromatic rings. The van der Waals surface area contributed by atoms with Crippen molar-refractivity contribution in [1.82, 2.24) is 19.4 Å². The van der Waals surface area contributed by atoms with Crippen LogP contribution in [0.5, 0.6) is 5.75 Å². The molecule has 0 saturated heterocycles. The van der Waals surface area contributed by atoms with Crippen LogP contribution < -0.4 is 20.3 Å². The number of methoxy groups -OCH3 is 1. The molecule has 0 atom stereocenters. The fourth-order valence-corrected chi connectivity index (χ4v) is 4.33. The molecular formula is C30H35N7O2. The third-order valence-corrected chi connectivity index (χ3v) is 6.48. The highest BCUT2D eigenvalue weighted by Gasteiger charge is 2.17. The highest BCUT2D eigenvalue weighted by molar-refractivity contribution is 6.02. The average molecular weight is 526 g/mol. The lowest BCUT2D eigenvalue weighted by atomic mass is 10.1. The topological polar surface area (TPSA) is 87.5 Å². The Morgan fingerprint density at radius 1 is 1.10 bits per heavy atom. The molecule has 39 heavy (non-hydrogen) atoms. The van der Waals surface area contributed by atoms with Crippen LogP contribution in [0.1, 0.15) is 5.56 Å². The number of likely N-dealkylation sites (N-methyl/N-ethyl adjacent to an activating group) is 2. The first kappa shape index (κ1) is 27.4. The van der Waals surface area contributed by atoms with Gasteiger partial charge in [0.2, 0.25) is 11.9 Å². The van der Waals surface area contributed by atoms with Crippen LogP contribution in [-0.2, 0) is 11.8 Å². The predicted octanol–water partition coefficient (Wildman–Crippen LogP) is 5.15. The molecule has 9 heteroatoms. The lowest BCUT2D eigenvalue weighted by Crippen LogP contribution is -2.29. The van der Waals surface area contributed by atoms with Crippen LogP contribution in [0.25, 0.3) is 28.2 Å². The van der Waals surface area contributed by atoms with Crippen molar-refractivity contribution in [2.75, 3.05) is 56.9 Å². The number of carbonyl (C=O) groups excluding carboxylic acids is 1. The maximum atomic E-state index is 12.3. The Hall–Kier alpha value is -4.63. The Bertz CT molecular complexity index is 1520. The van der Waals surface area contributed by atoms with E-state index in [2.05, 4.69) is 61.5 Å². The van der Waals surface area contributed by atoms with Crippen LogP contribution in [0.2, 0.25) is 0 Å². The number of hydrogen-bond donors (Lipinski definition) is 2. The molecule has 0 unspecified atom stereocenters. The van der Waals surface area contributed by atoms with E-state index >= 15 is 0 Å². The van der Waals surface area contributed by atoms with E-state index < -0.39 is 0 Å². The van der Waals surface area contributed by atoms with Gasteiger partial charge in [-0.1, -0.05) is 31.4 Å². The number of ether oxygens (including phenoxy) is 1. The second-order valence-corrected chi connectivity index (χ2v) is 9.51. The van der Waals surface area contributed by atoms with Gasteiger partial charge in [-0.25, -0.2) is 9.97 Å². The van der Waals surface area contributed by atoms with Gasteiger partial charge in [0.1, 0.15) is 5.75 Å². The van der Waals surface area contributed by atoms with E-state index in [0.29, 0.717) is 23.1 Å². The van der Waals surface area contributed by atoms with Crippen LogP contribution >= 0.6 is 0 Å². The second-order valence-electron chi connectivity index (χ2n) is 9.51. The minimum absolute atomic E-state index is 0.304. The molecule has 0 aliphatic carbocycles. The largest absolute Gasteiger partial charge is 0.494 e. The van der Waals surface area contributed by atoms with Crippen LogP contribution in [0.15, 0.2) is 68.0 Å². The standard InChI is InChI=1S/C30H35N7O2/c1-8-20-10-11-21-22(19-37(6)26(21)16-20)23-12-13-31-30(33-23)34-25-17-24(32-29(38)9-2)27(18-28(25)39-7)36(5)15-14-35(3)4/h8-13,16-19H,1-2,14-15H2,3-7H3,(H,32,38)(H,31,33,34). The molecule has 0 spiro atoms. The number of anilines is 4. The van der Waals surface area contributed by atoms with Crippen LogP contribution in [0.4, 0.5) is 23.0 Å². The molecule has 0 aliphatic rings. The number of rotatable bonds is 11. The predicted molar refractivity (Wildman–Crippen MR) is 161 cm³/mol. The smallest absolute Gasteiger partial charge is 0.247 e. The average Bonchev–Trinajstić information content (AvgIpc) is 3.27. The first-order valence-electron chi connectivity index (χ1n) is 12.6. The maximum absolute atomic E-state index is 12.3. The summed E-state index contributed by atoms with van der Waals surface area (Å²) in [6, 6.07) is 11.8. The van der Waals surface area contributed by atoms with Crippen molar-refractivity contribution in [2.45, 2.75) is 0 Å². The van der Waals surface area contributed by atoms with Gasteiger partial charge in [0.05, 0.1) is 29.9 Å². The van der Waals surface area contributed by atoms with E-state index in [-0.39, 0.29) is 5.91 Å². The quantitative estimate of drug-likeness (QED) is 0.262. The van der Waals surface area contributed by atoms with Crippen LogP contribution in [0, 0.1) is 0 Å². The number of benzene rings is 2. The zero-order valence-electron chi connectivity index (χ0n) is 23.2. The molecule has 0 saturated carbocycles. The first-order valence-corrected chi connectivity index (χ1v) is 12.6. The molecule has 0 radical (unpaired) electrons. The Morgan fingerprint density at radius 2 is 1.90 bits per heavy atom. The van der Waals surface area contributed by atoms with Gasteiger partial charge in [0.25, 0.3) is 0 Å². The number of aromatic nitrogens is 3. The number of amides is 1. The van der Waals surface area contributed by atoms with Gasteiger partial charge >= 0.3 is 0 Å². The molecule has 2 aromatic heterocycles. The molecule has 4 rings (SSSR count). The number of nitrogens with one attached hydrogen (secondary N) is 2. The summed E-state index contributed by atoms with van der Waals surface area (Å²) in [6.07, 6.45) is 6.86. The summed E-state index contributed by atoms with van der Waals surface area (Å²) in [6.45, 7) is 9.06. The highest BCUT2D eigenvalue weighted by atomic mass is 16.5. The molecule has 0 bridgehead atoms. The van der Waals surface area contributed by atoms with Gasteiger partial charge in [-0.15, -0.1) is 0 Å². The van der Waals surface area contributed by atoms with Gasteiger partial charge in [0.15, 0.2) is 0 Å². The molecule has 1 amide bonds. The summed E-state index contributed by atoms with van der Waals surface area (Å²) in [7, 11) is 9.64. The Kier molecular flexibility index (Phi) is 8.31. The summed E-state index contributed by atoms with van der Waals surface area (Å²) in [5.74, 6) is 0.692. The lowest BCUT2D eigenvalue weighted by Gasteiger charge is -2.26. The molecule has 0 aliphatic heterocycles. The zero-order valence-corrected chi connectivity index (χ0v) is 23.2. The summed E-state index contributed by atoms with van der Waals surface area (Å²) in [4.78, 5) is 25.7. The van der Waals surface area contributed by atoms with Gasteiger partial charge < -0.3 is 29.7 Å². The summed E-state index contributed by atoms with van der Waals surface area (Å²) < 4.78 is 7.80. The van der Waals surface area contributed by atoms with Crippen molar-refractivity contribution in [1.29, 1.82) is 0 Å². The second kappa shape index (κ2) is 11.8. The Morgan fingerprint density at radius 3 is 2.59 bits per heavy atom. The Labute approximate surface area is 229 Å². The molecule has 0 fully saturated rings. The summed E-state index contributed by atoms with van der Waals surface area (Å²) in [5, 5.41) is 7.29. The fourth-order valence-electron chi connectivity index (χ4n) is 4.33. The van der Waals surface area contributed by atoms with Gasteiger partial charge in [0, 0.05) is 62.1 Å². The third kappa shape index (κ3) is 6.10. The summed E-state index contributed by atoms with van der Waals surface area (Å²) >= 11 is 0. The van der Waals surface area contributed by atoms with E-state index in [0.717, 1.165) is 46.5 Å². The van der Waals surface area contributed by atoms with Crippen LogP contribution in [-0.4, -0.2) is 66.7 Å². The fraction of sp³-hybridized carbons (Fsp3) is 0.233. The van der Waals surface area contributed by atoms with E-state index in [4.69, 9.17) is 9.72 Å². The van der Waals surface area contributed by atoms with Gasteiger partial charge in [-0.3, -0.25) is 4.79 Å². The monoisotopic (exact) mass is 525 g/mol. The normalized spacial score (nSPS) is 10.9. The van der Waals surface area contributed by atoms with Crippen molar-refractivity contribution in [3.05, 3.63) is 73.6 Å². The molecule has 2 N–H and O–H groups in total. The number of hydrogen-bond acceptors (Lipinski definition) is 7. The summed E-state index contributed by atoms with van der Waals surface area (Å²) in [5.41, 5.74) is 5.98. The number of aryl methyl sites for hydroxylation is 1. The van der Waals surface area contributed by atoms with Crippen molar-refractivity contribution in [3.8, 4) is 17.0 Å². The van der Waals surface area contributed by atoms with E-state index in [1.54, 1.807) is 13.3 Å². The third-order valence-electron chi connectivity index (χ3n) is 6.48. The first-order chi connectivity index (χ1) is 18.7. The minimum Gasteiger partial charge on any atom is -0.494 e. The molecular weight excluding hydrogens is 490 g/mol. The van der Waals surface area contributed by atoms with E-state index in [9.17, 15) is 4.79 Å². The zero-order chi connectivity index (χ0) is 28.1. The van der Waals surface area contributed by atoms with Gasteiger partial charge in [-0.05, 0) is 43.9 Å². The van der Waals surface area contributed by atoms with Crippen molar-refractivity contribution < 1.29 is 9.53 Å². The minimum atomic E-state index is -0.304. The highest BCUT2D eigenvalue weighted by Crippen LogP contribution is 2.38. The van der Waals surface area contributed by atoms with Gasteiger partial charge in [-0.2, -0.15) is 0 Å². The number of nitrogens with zero attached hydrogens (tertiary/aromatic N) is 5. The number of carbonyl (C=O) groups is 1. The maximum Gasteiger partial charge on any atom is 0.247 e. The molecule has 2 heterocycles. The molecule has 2 aromatic carbocycles. The van der Waals surface area contributed by atoms with Crippen molar-refractivity contribution in [3.63, 3.8) is 0 Å². The van der Waals surface area contributed by atoms with E-state index in [1.165, 1.54) is 6.08 Å². The van der Waals surface area contributed by atoms with Crippen molar-refractivity contribution >= 4 is 45.9 Å².